The maximum absolute atomic E-state index is 12.5. The summed E-state index contributed by atoms with van der Waals surface area (Å²) >= 11 is 0. The highest BCUT2D eigenvalue weighted by Gasteiger charge is 2.17. The summed E-state index contributed by atoms with van der Waals surface area (Å²) in [7, 11) is 1.61. The summed E-state index contributed by atoms with van der Waals surface area (Å²) in [4.78, 5) is 12.5. The molecule has 2 aromatic rings. The molecule has 0 aliphatic carbocycles. The molecule has 0 radical (unpaired) electrons. The third kappa shape index (κ3) is 4.06. The van der Waals surface area contributed by atoms with E-state index in [1.54, 1.807) is 13.2 Å². The minimum Gasteiger partial charge on any atom is -0.489 e. The minimum atomic E-state index is -0.123. The number of aromatic nitrogens is 1. The van der Waals surface area contributed by atoms with Gasteiger partial charge in [-0.3, -0.25) is 4.79 Å². The molecule has 0 unspecified atom stereocenters. The largest absolute Gasteiger partial charge is 0.489 e. The zero-order chi connectivity index (χ0) is 17.4. The Bertz CT molecular complexity index is 732. The predicted molar refractivity (Wildman–Crippen MR) is 96.7 cm³/mol. The Hall–Kier alpha value is -2.53. The minimum absolute atomic E-state index is 0.123. The fourth-order valence-electron chi connectivity index (χ4n) is 2.48. The van der Waals surface area contributed by atoms with Gasteiger partial charge in [0.1, 0.15) is 18.1 Å². The molecule has 0 aliphatic rings. The molecule has 24 heavy (non-hydrogen) atoms. The van der Waals surface area contributed by atoms with Crippen molar-refractivity contribution in [3.63, 3.8) is 0 Å². The maximum atomic E-state index is 12.5. The second kappa shape index (κ2) is 8.93. The summed E-state index contributed by atoms with van der Waals surface area (Å²) in [5.41, 5.74) is 1.57. The Morgan fingerprint density at radius 3 is 2.96 bits per heavy atom. The molecule has 1 amide bonds. The summed E-state index contributed by atoms with van der Waals surface area (Å²) < 4.78 is 12.7. The molecule has 0 aliphatic heterocycles. The first-order chi connectivity index (χ1) is 11.7. The van der Waals surface area contributed by atoms with Crippen LogP contribution in [0.25, 0.3) is 10.9 Å². The van der Waals surface area contributed by atoms with Crippen LogP contribution in [0.15, 0.2) is 49.1 Å². The first-order valence-electron chi connectivity index (χ1n) is 7.97. The third-order valence-electron chi connectivity index (χ3n) is 3.61. The molecule has 5 heteroatoms. The number of hydrogen-bond acceptors (Lipinski definition) is 3. The number of carbonyl (C=O) groups is 1. The van der Waals surface area contributed by atoms with Crippen molar-refractivity contribution in [3.8, 4) is 5.75 Å². The molecule has 1 aromatic heterocycles. The third-order valence-corrected chi connectivity index (χ3v) is 3.61. The number of ether oxygens (including phenoxy) is 2. The average Bonchev–Trinajstić information content (AvgIpc) is 2.97. The summed E-state index contributed by atoms with van der Waals surface area (Å²) in [5, 5.41) is 3.79. The Morgan fingerprint density at radius 1 is 1.42 bits per heavy atom. The van der Waals surface area contributed by atoms with Gasteiger partial charge in [-0.1, -0.05) is 30.9 Å². The van der Waals surface area contributed by atoms with Gasteiger partial charge in [-0.05, 0) is 25.1 Å². The van der Waals surface area contributed by atoms with Gasteiger partial charge in [0.15, 0.2) is 0 Å². The van der Waals surface area contributed by atoms with Crippen LogP contribution in [0.1, 0.15) is 17.4 Å². The topological polar surface area (TPSA) is 52.5 Å². The van der Waals surface area contributed by atoms with Crippen molar-refractivity contribution in [2.75, 3.05) is 26.9 Å². The van der Waals surface area contributed by atoms with E-state index < -0.39 is 0 Å². The van der Waals surface area contributed by atoms with Crippen LogP contribution in [0.3, 0.4) is 0 Å². The van der Waals surface area contributed by atoms with Gasteiger partial charge in [-0.25, -0.2) is 0 Å². The number of amides is 1. The lowest BCUT2D eigenvalue weighted by Crippen LogP contribution is -2.28. The Morgan fingerprint density at radius 2 is 2.25 bits per heavy atom. The molecule has 1 heterocycles. The van der Waals surface area contributed by atoms with Gasteiger partial charge in [0.25, 0.3) is 5.91 Å². The van der Waals surface area contributed by atoms with Gasteiger partial charge in [0, 0.05) is 25.6 Å². The van der Waals surface area contributed by atoms with E-state index in [4.69, 9.17) is 9.47 Å². The lowest BCUT2D eigenvalue weighted by atomic mass is 10.2. The zero-order valence-corrected chi connectivity index (χ0v) is 14.2. The Labute approximate surface area is 142 Å². The Kier molecular flexibility index (Phi) is 6.63. The van der Waals surface area contributed by atoms with E-state index in [0.717, 1.165) is 16.7 Å². The molecule has 5 nitrogen and oxygen atoms in total. The highest BCUT2D eigenvalue weighted by molar-refractivity contribution is 6.00. The van der Waals surface area contributed by atoms with Crippen LogP contribution >= 0.6 is 0 Å². The first-order valence-corrected chi connectivity index (χ1v) is 7.97. The van der Waals surface area contributed by atoms with E-state index in [1.807, 2.05) is 47.9 Å². The summed E-state index contributed by atoms with van der Waals surface area (Å²) in [6, 6.07) is 7.70. The quantitative estimate of drug-likeness (QED) is 0.568. The van der Waals surface area contributed by atoms with Crippen molar-refractivity contribution in [2.24, 2.45) is 0 Å². The van der Waals surface area contributed by atoms with Gasteiger partial charge in [-0.2, -0.15) is 0 Å². The molecular formula is C19H24N2O3. The molecule has 1 N–H and O–H groups in total. The smallest absolute Gasteiger partial charge is 0.268 e. The fraction of sp³-hybridized carbons (Fsp3) is 0.316. The highest BCUT2D eigenvalue weighted by atomic mass is 16.5. The van der Waals surface area contributed by atoms with Crippen LogP contribution in [0.5, 0.6) is 5.75 Å². The average molecular weight is 328 g/mol. The van der Waals surface area contributed by atoms with Crippen LogP contribution in [-0.2, 0) is 11.3 Å². The number of nitrogens with one attached hydrogen (secondary N) is 1. The number of allylic oxidation sites excluding steroid dienone is 2. The normalized spacial score (nSPS) is 11.1. The van der Waals surface area contributed by atoms with E-state index in [9.17, 15) is 4.79 Å². The number of benzene rings is 1. The molecular weight excluding hydrogens is 304 g/mol. The molecule has 0 bridgehead atoms. The standard InChI is InChI=1S/C19H24N2O3/c1-4-6-11-21-16-8-7-9-18(24-12-5-2)15(16)14-17(21)19(22)20-10-13-23-3/h4-9,14H,2,10-13H2,1,3H3,(H,20,22)/b6-4-. The summed E-state index contributed by atoms with van der Waals surface area (Å²) in [5.74, 6) is 0.625. The molecule has 2 rings (SSSR count). The molecule has 0 fully saturated rings. The van der Waals surface area contributed by atoms with Crippen LogP contribution in [0, 0.1) is 0 Å². The maximum Gasteiger partial charge on any atom is 0.268 e. The number of hydrogen-bond donors (Lipinski definition) is 1. The molecule has 128 valence electrons. The van der Waals surface area contributed by atoms with Gasteiger partial charge in [-0.15, -0.1) is 0 Å². The van der Waals surface area contributed by atoms with E-state index in [1.165, 1.54) is 0 Å². The number of fused-ring (bicyclic) bond motifs is 1. The zero-order valence-electron chi connectivity index (χ0n) is 14.2. The summed E-state index contributed by atoms with van der Waals surface area (Å²) in [6.07, 6.45) is 5.69. The molecule has 0 saturated carbocycles. The second-order valence-corrected chi connectivity index (χ2v) is 5.25. The van der Waals surface area contributed by atoms with Crippen molar-refractivity contribution in [2.45, 2.75) is 13.5 Å². The van der Waals surface area contributed by atoms with Gasteiger partial charge < -0.3 is 19.4 Å². The van der Waals surface area contributed by atoms with E-state index >= 15 is 0 Å². The van der Waals surface area contributed by atoms with E-state index in [-0.39, 0.29) is 5.91 Å². The number of rotatable bonds is 9. The van der Waals surface area contributed by atoms with E-state index in [2.05, 4.69) is 11.9 Å². The van der Waals surface area contributed by atoms with Gasteiger partial charge in [0.2, 0.25) is 0 Å². The monoisotopic (exact) mass is 328 g/mol. The first kappa shape index (κ1) is 17.8. The lowest BCUT2D eigenvalue weighted by molar-refractivity contribution is 0.0929. The van der Waals surface area contributed by atoms with E-state index in [0.29, 0.717) is 32.0 Å². The molecule has 0 spiro atoms. The lowest BCUT2D eigenvalue weighted by Gasteiger charge is -2.09. The number of nitrogens with zero attached hydrogens (tertiary/aromatic N) is 1. The van der Waals surface area contributed by atoms with Crippen LogP contribution in [0.4, 0.5) is 0 Å². The molecule has 1 aromatic carbocycles. The summed E-state index contributed by atoms with van der Waals surface area (Å²) in [6.45, 7) is 7.64. The fourth-order valence-corrected chi connectivity index (χ4v) is 2.48. The Balaban J connectivity index is 2.43. The van der Waals surface area contributed by atoms with Crippen molar-refractivity contribution < 1.29 is 14.3 Å². The van der Waals surface area contributed by atoms with Crippen molar-refractivity contribution in [3.05, 3.63) is 54.8 Å². The molecule has 0 atom stereocenters. The molecule has 0 saturated heterocycles. The SMILES string of the molecule is C=CCOc1cccc2c1cc(C(=O)NCCOC)n2C/C=C\C. The van der Waals surface area contributed by atoms with Crippen molar-refractivity contribution >= 4 is 16.8 Å². The predicted octanol–water partition coefficient (Wildman–Crippen LogP) is 3.16. The van der Waals surface area contributed by atoms with Crippen LogP contribution < -0.4 is 10.1 Å². The highest BCUT2D eigenvalue weighted by Crippen LogP contribution is 2.29. The van der Waals surface area contributed by atoms with Crippen molar-refractivity contribution in [1.82, 2.24) is 9.88 Å². The second-order valence-electron chi connectivity index (χ2n) is 5.25. The number of carbonyl (C=O) groups excluding carboxylic acids is 1. The van der Waals surface area contributed by atoms with Gasteiger partial charge in [0.05, 0.1) is 12.1 Å². The van der Waals surface area contributed by atoms with Crippen LogP contribution in [-0.4, -0.2) is 37.3 Å². The number of methoxy groups -OCH3 is 1. The van der Waals surface area contributed by atoms with Gasteiger partial charge >= 0.3 is 0 Å². The van der Waals surface area contributed by atoms with Crippen molar-refractivity contribution in [1.29, 1.82) is 0 Å². The van der Waals surface area contributed by atoms with Crippen LogP contribution in [0.2, 0.25) is 0 Å².